The zero-order chi connectivity index (χ0) is 37.7. The molecule has 0 radical (unpaired) electrons. The van der Waals surface area contributed by atoms with Crippen LogP contribution in [0.15, 0.2) is 11.3 Å². The van der Waals surface area contributed by atoms with Crippen LogP contribution in [0.25, 0.3) is 0 Å². The van der Waals surface area contributed by atoms with Gasteiger partial charge in [-0.25, -0.2) is 0 Å². The molecule has 0 aromatic carbocycles. The molecule has 17 atom stereocenters. The van der Waals surface area contributed by atoms with Gasteiger partial charge in [0.1, 0.15) is 47.5 Å². The molecule has 50 heavy (non-hydrogen) atoms. The van der Waals surface area contributed by atoms with Crippen molar-refractivity contribution >= 4 is 5.97 Å². The average molecular weight is 716 g/mol. The van der Waals surface area contributed by atoms with Crippen molar-refractivity contribution in [3.05, 3.63) is 11.3 Å². The normalized spacial score (nSPS) is 51.0. The smallest absolute Gasteiger partial charge is 0.311 e. The van der Waals surface area contributed by atoms with Crippen molar-refractivity contribution in [3.63, 3.8) is 0 Å². The standard InChI is InChI=1S/C37H65NO12/c1-14-25-37(10,43)30(40)20(4)28-18(2)16-36(9,50-28)32(49-34-27(39)24(38(11)12)15-19(3)45-34)21(5)29(22(6)33(42)47-25)48-26-17-35(8,44-13)31(41)23(7)46-26/h18-19,21-27,29-32,34,39-41,43H,14-17H2,1-13H3/b28-20+/t18-,19-,21+,22-,23+,24+,25-,26+,27-,29+,30-,31+,32-,34+,35-,36+,37-/m1/s1. The van der Waals surface area contributed by atoms with E-state index in [9.17, 15) is 25.2 Å². The summed E-state index contributed by atoms with van der Waals surface area (Å²) in [6.07, 6.45) is -7.39. The molecule has 3 saturated heterocycles. The van der Waals surface area contributed by atoms with Gasteiger partial charge in [0, 0.05) is 31.4 Å². The van der Waals surface area contributed by atoms with Crippen LogP contribution in [-0.4, -0.2) is 137 Å². The third kappa shape index (κ3) is 7.93. The Balaban J connectivity index is 1.86. The molecular formula is C37H65NO12. The lowest BCUT2D eigenvalue weighted by atomic mass is 9.78. The van der Waals surface area contributed by atoms with E-state index in [1.165, 1.54) is 14.0 Å². The highest BCUT2D eigenvalue weighted by Crippen LogP contribution is 2.48. The molecular weight excluding hydrogens is 650 g/mol. The largest absolute Gasteiger partial charge is 0.489 e. The van der Waals surface area contributed by atoms with Gasteiger partial charge in [0.25, 0.3) is 0 Å². The van der Waals surface area contributed by atoms with E-state index in [0.29, 0.717) is 24.2 Å². The summed E-state index contributed by atoms with van der Waals surface area (Å²) in [6, 6.07) is -0.234. The average Bonchev–Trinajstić information content (AvgIpc) is 3.37. The topological polar surface area (TPSA) is 166 Å². The SMILES string of the molecule is CC[C@H]1OC(=O)[C@H](C)[C@@H](O[C@H]2C[C@@](C)(OC)[C@@H](O)[C@H](C)O2)[C@H](C)[C@@H](O[C@@H]2O[C@H](C)C[C@H](N(C)C)[C@H]2O)[C@]2(C)C[C@@H](C)/C(=C(/C)[C@@H](O)[C@]1(C)O)O2. The molecule has 4 N–H and O–H groups in total. The Morgan fingerprint density at radius 1 is 0.980 bits per heavy atom. The van der Waals surface area contributed by atoms with E-state index in [1.807, 2.05) is 46.7 Å². The molecule has 0 unspecified atom stereocenters. The summed E-state index contributed by atoms with van der Waals surface area (Å²) in [7, 11) is 5.34. The van der Waals surface area contributed by atoms with E-state index in [1.54, 1.807) is 34.6 Å². The fourth-order valence-corrected chi connectivity index (χ4v) is 8.75. The monoisotopic (exact) mass is 715 g/mol. The maximum atomic E-state index is 14.1. The molecule has 13 heteroatoms. The number of cyclic esters (lactones) is 1. The van der Waals surface area contributed by atoms with Crippen LogP contribution in [0, 0.1) is 17.8 Å². The second-order valence-electron chi connectivity index (χ2n) is 16.3. The second kappa shape index (κ2) is 15.5. The number of rotatable bonds is 7. The lowest BCUT2D eigenvalue weighted by Crippen LogP contribution is -2.60. The van der Waals surface area contributed by atoms with Crippen molar-refractivity contribution < 1.29 is 58.4 Å². The van der Waals surface area contributed by atoms with Crippen molar-refractivity contribution in [2.45, 2.75) is 179 Å². The number of fused-ring (bicyclic) bond motifs is 2. The number of esters is 1. The highest BCUT2D eigenvalue weighted by molar-refractivity contribution is 5.73. The molecule has 0 amide bonds. The molecule has 0 aromatic rings. The Bertz CT molecular complexity index is 1210. The number of hydrogen-bond donors (Lipinski definition) is 4. The molecule has 4 rings (SSSR count). The zero-order valence-electron chi connectivity index (χ0n) is 32.4. The van der Waals surface area contributed by atoms with Crippen molar-refractivity contribution in [2.24, 2.45) is 17.8 Å². The highest BCUT2D eigenvalue weighted by atomic mass is 16.7. The van der Waals surface area contributed by atoms with Gasteiger partial charge >= 0.3 is 5.97 Å². The number of carbonyl (C=O) groups is 1. The minimum Gasteiger partial charge on any atom is -0.489 e. The Morgan fingerprint density at radius 3 is 2.20 bits per heavy atom. The van der Waals surface area contributed by atoms with Crippen LogP contribution in [0.2, 0.25) is 0 Å². The third-order valence-corrected chi connectivity index (χ3v) is 11.9. The summed E-state index contributed by atoms with van der Waals surface area (Å²) in [5.74, 6) is -1.83. The Hall–Kier alpha value is -1.39. The van der Waals surface area contributed by atoms with Gasteiger partial charge in [-0.15, -0.1) is 0 Å². The van der Waals surface area contributed by atoms with Gasteiger partial charge in [0.2, 0.25) is 0 Å². The Kier molecular flexibility index (Phi) is 12.8. The first-order chi connectivity index (χ1) is 23.1. The summed E-state index contributed by atoms with van der Waals surface area (Å²) in [6.45, 7) is 18.0. The zero-order valence-corrected chi connectivity index (χ0v) is 32.4. The summed E-state index contributed by atoms with van der Waals surface area (Å²) in [5.41, 5.74) is -3.45. The van der Waals surface area contributed by atoms with E-state index < -0.39 is 89.9 Å². The van der Waals surface area contributed by atoms with E-state index in [-0.39, 0.29) is 30.9 Å². The van der Waals surface area contributed by atoms with Crippen LogP contribution in [0.4, 0.5) is 0 Å². The van der Waals surface area contributed by atoms with Crippen LogP contribution in [0.3, 0.4) is 0 Å². The predicted molar refractivity (Wildman–Crippen MR) is 184 cm³/mol. The first-order valence-electron chi connectivity index (χ1n) is 18.3. The predicted octanol–water partition coefficient (Wildman–Crippen LogP) is 2.89. The van der Waals surface area contributed by atoms with Gasteiger partial charge < -0.3 is 58.5 Å². The molecule has 4 aliphatic heterocycles. The van der Waals surface area contributed by atoms with E-state index in [0.717, 1.165) is 0 Å². The summed E-state index contributed by atoms with van der Waals surface area (Å²) in [5, 5.41) is 45.8. The fraction of sp³-hybridized carbons (Fsp3) is 0.919. The minimum absolute atomic E-state index is 0.174. The van der Waals surface area contributed by atoms with Gasteiger partial charge in [-0.05, 0) is 87.4 Å². The van der Waals surface area contributed by atoms with E-state index in [2.05, 4.69) is 0 Å². The Morgan fingerprint density at radius 2 is 1.62 bits per heavy atom. The highest BCUT2D eigenvalue weighted by Gasteiger charge is 2.56. The van der Waals surface area contributed by atoms with Crippen LogP contribution in [0.5, 0.6) is 0 Å². The first-order valence-corrected chi connectivity index (χ1v) is 18.3. The number of methoxy groups -OCH3 is 1. The van der Waals surface area contributed by atoms with Gasteiger partial charge in [-0.3, -0.25) is 4.79 Å². The summed E-state index contributed by atoms with van der Waals surface area (Å²) >= 11 is 0. The van der Waals surface area contributed by atoms with E-state index >= 15 is 0 Å². The molecule has 13 nitrogen and oxygen atoms in total. The van der Waals surface area contributed by atoms with Gasteiger partial charge in [-0.1, -0.05) is 20.8 Å². The van der Waals surface area contributed by atoms with Crippen LogP contribution in [0.1, 0.15) is 94.9 Å². The quantitative estimate of drug-likeness (QED) is 0.285. The number of aliphatic hydroxyl groups excluding tert-OH is 3. The molecule has 2 bridgehead atoms. The van der Waals surface area contributed by atoms with Gasteiger partial charge in [0.05, 0.1) is 29.8 Å². The second-order valence-corrected chi connectivity index (χ2v) is 16.3. The maximum absolute atomic E-state index is 14.1. The number of hydrogen-bond acceptors (Lipinski definition) is 13. The molecule has 4 heterocycles. The number of ether oxygens (including phenoxy) is 7. The molecule has 0 spiro atoms. The Labute approximate surface area is 298 Å². The van der Waals surface area contributed by atoms with Gasteiger partial charge in [-0.2, -0.15) is 0 Å². The van der Waals surface area contributed by atoms with Crippen LogP contribution < -0.4 is 0 Å². The third-order valence-electron chi connectivity index (χ3n) is 11.9. The molecule has 4 aliphatic rings. The fourth-order valence-electron chi connectivity index (χ4n) is 8.75. The lowest BCUT2D eigenvalue weighted by molar-refractivity contribution is -0.316. The summed E-state index contributed by atoms with van der Waals surface area (Å²) < 4.78 is 44.6. The molecule has 0 saturated carbocycles. The van der Waals surface area contributed by atoms with E-state index in [4.69, 9.17) is 33.2 Å². The molecule has 0 aliphatic carbocycles. The first kappa shape index (κ1) is 41.4. The minimum atomic E-state index is -1.84. The van der Waals surface area contributed by atoms with Gasteiger partial charge in [0.15, 0.2) is 12.6 Å². The number of allylic oxidation sites excluding steroid dienone is 1. The molecule has 0 aromatic heterocycles. The molecule has 3 fully saturated rings. The maximum Gasteiger partial charge on any atom is 0.311 e. The van der Waals surface area contributed by atoms with Crippen LogP contribution in [-0.2, 0) is 38.0 Å². The van der Waals surface area contributed by atoms with Crippen molar-refractivity contribution in [1.82, 2.24) is 4.90 Å². The van der Waals surface area contributed by atoms with Crippen molar-refractivity contribution in [2.75, 3.05) is 21.2 Å². The number of likely N-dealkylation sites (N-methyl/N-ethyl adjacent to an activating group) is 1. The lowest BCUT2D eigenvalue weighted by Gasteiger charge is -2.48. The van der Waals surface area contributed by atoms with Crippen molar-refractivity contribution in [1.29, 1.82) is 0 Å². The summed E-state index contributed by atoms with van der Waals surface area (Å²) in [4.78, 5) is 16.1. The molecule has 290 valence electrons. The number of aliphatic hydroxyl groups is 4. The number of nitrogens with zero attached hydrogens (tertiary/aromatic N) is 1. The number of carbonyl (C=O) groups excluding carboxylic acids is 1. The van der Waals surface area contributed by atoms with Crippen LogP contribution >= 0.6 is 0 Å². The van der Waals surface area contributed by atoms with Crippen molar-refractivity contribution in [3.8, 4) is 0 Å².